The second kappa shape index (κ2) is 5.47. The zero-order valence-corrected chi connectivity index (χ0v) is 9.30. The first kappa shape index (κ1) is 10.9. The Morgan fingerprint density at radius 1 is 1.20 bits per heavy atom. The van der Waals surface area contributed by atoms with E-state index in [4.69, 9.17) is 0 Å². The van der Waals surface area contributed by atoms with Crippen molar-refractivity contribution < 1.29 is 4.79 Å². The van der Waals surface area contributed by atoms with Gasteiger partial charge in [0.05, 0.1) is 0 Å². The molecule has 2 saturated heterocycles. The van der Waals surface area contributed by atoms with Gasteiger partial charge in [0.25, 0.3) is 0 Å². The average Bonchev–Trinajstić information content (AvgIpc) is 2.44. The lowest BCUT2D eigenvalue weighted by atomic mass is 10.1. The van der Waals surface area contributed by atoms with Gasteiger partial charge in [0.1, 0.15) is 0 Å². The Bertz CT molecular complexity index is 214. The molecule has 0 aromatic carbocycles. The van der Waals surface area contributed by atoms with Gasteiger partial charge < -0.3 is 5.32 Å². The molecule has 2 fully saturated rings. The van der Waals surface area contributed by atoms with Crippen molar-refractivity contribution in [3.63, 3.8) is 0 Å². The molecule has 0 bridgehead atoms. The number of nitrogens with zero attached hydrogens (tertiary/aromatic N) is 1. The highest BCUT2D eigenvalue weighted by molar-refractivity contribution is 5.76. The fourth-order valence-electron chi connectivity index (χ4n) is 2.37. The summed E-state index contributed by atoms with van der Waals surface area (Å²) in [6.45, 7) is 3.12. The molecule has 2 rings (SSSR count). The lowest BCUT2D eigenvalue weighted by Gasteiger charge is -2.30. The molecule has 1 unspecified atom stereocenters. The summed E-state index contributed by atoms with van der Waals surface area (Å²) in [5.74, 6) is 0.196. The van der Waals surface area contributed by atoms with Gasteiger partial charge in [-0.3, -0.25) is 10.2 Å². The highest BCUT2D eigenvalue weighted by Crippen LogP contribution is 2.10. The summed E-state index contributed by atoms with van der Waals surface area (Å²) in [4.78, 5) is 11.4. The molecule has 0 radical (unpaired) electrons. The number of carbonyl (C=O) groups is 1. The van der Waals surface area contributed by atoms with E-state index in [-0.39, 0.29) is 5.91 Å². The van der Waals surface area contributed by atoms with E-state index in [9.17, 15) is 4.79 Å². The Kier molecular flexibility index (Phi) is 3.97. The quantitative estimate of drug-likeness (QED) is 0.705. The van der Waals surface area contributed by atoms with Crippen molar-refractivity contribution in [2.45, 2.75) is 44.6 Å². The van der Waals surface area contributed by atoms with Crippen LogP contribution in [0.25, 0.3) is 0 Å². The van der Waals surface area contributed by atoms with E-state index in [0.717, 1.165) is 32.5 Å². The number of nitrogens with one attached hydrogen (secondary N) is 2. The van der Waals surface area contributed by atoms with Crippen LogP contribution in [0.3, 0.4) is 0 Å². The molecule has 1 amide bonds. The fraction of sp³-hybridized carbons (Fsp3) is 0.909. The van der Waals surface area contributed by atoms with Crippen LogP contribution in [0.5, 0.6) is 0 Å². The van der Waals surface area contributed by atoms with Gasteiger partial charge in [-0.1, -0.05) is 6.42 Å². The van der Waals surface area contributed by atoms with Gasteiger partial charge in [-0.05, 0) is 25.7 Å². The Balaban J connectivity index is 1.78. The van der Waals surface area contributed by atoms with Crippen molar-refractivity contribution in [2.24, 2.45) is 0 Å². The summed E-state index contributed by atoms with van der Waals surface area (Å²) < 4.78 is 0. The molecule has 0 aliphatic carbocycles. The van der Waals surface area contributed by atoms with Crippen molar-refractivity contribution in [3.8, 4) is 0 Å². The maximum Gasteiger partial charge on any atom is 0.221 e. The van der Waals surface area contributed by atoms with E-state index in [2.05, 4.69) is 15.8 Å². The Hall–Kier alpha value is -0.610. The zero-order chi connectivity index (χ0) is 10.5. The van der Waals surface area contributed by atoms with E-state index >= 15 is 0 Å². The Morgan fingerprint density at radius 3 is 2.80 bits per heavy atom. The third kappa shape index (κ3) is 3.47. The summed E-state index contributed by atoms with van der Waals surface area (Å²) in [6.07, 6.45) is 6.75. The van der Waals surface area contributed by atoms with Crippen LogP contribution >= 0.6 is 0 Å². The molecule has 1 atom stereocenters. The predicted molar refractivity (Wildman–Crippen MR) is 59.2 cm³/mol. The number of hydrazine groups is 1. The number of hydrogen-bond acceptors (Lipinski definition) is 3. The summed E-state index contributed by atoms with van der Waals surface area (Å²) in [6, 6.07) is 0.352. The first-order valence-corrected chi connectivity index (χ1v) is 6.12. The molecule has 2 aliphatic heterocycles. The number of carbonyl (C=O) groups excluding carboxylic acids is 1. The summed E-state index contributed by atoms with van der Waals surface area (Å²) in [7, 11) is 0. The SMILES string of the molecule is O=C1CC(NN2CCCCC2)CCCN1. The number of hydrogen-bond donors (Lipinski definition) is 2. The zero-order valence-electron chi connectivity index (χ0n) is 9.30. The van der Waals surface area contributed by atoms with Crippen LogP contribution in [0.15, 0.2) is 0 Å². The maximum atomic E-state index is 11.4. The van der Waals surface area contributed by atoms with Crippen molar-refractivity contribution in [3.05, 3.63) is 0 Å². The molecule has 0 aromatic rings. The number of piperidine rings is 1. The van der Waals surface area contributed by atoms with E-state index in [1.165, 1.54) is 19.3 Å². The first-order chi connectivity index (χ1) is 7.34. The topological polar surface area (TPSA) is 44.4 Å². The highest BCUT2D eigenvalue weighted by Gasteiger charge is 2.20. The Morgan fingerprint density at radius 2 is 2.00 bits per heavy atom. The van der Waals surface area contributed by atoms with Gasteiger partial charge in [-0.25, -0.2) is 5.01 Å². The van der Waals surface area contributed by atoms with Crippen LogP contribution in [0.2, 0.25) is 0 Å². The van der Waals surface area contributed by atoms with E-state index < -0.39 is 0 Å². The molecule has 86 valence electrons. The van der Waals surface area contributed by atoms with Crippen LogP contribution in [-0.2, 0) is 4.79 Å². The van der Waals surface area contributed by atoms with Crippen LogP contribution in [0.1, 0.15) is 38.5 Å². The van der Waals surface area contributed by atoms with Crippen molar-refractivity contribution in [1.82, 2.24) is 15.8 Å². The van der Waals surface area contributed by atoms with Crippen molar-refractivity contribution in [2.75, 3.05) is 19.6 Å². The molecule has 4 heteroatoms. The first-order valence-electron chi connectivity index (χ1n) is 6.12. The second-order valence-electron chi connectivity index (χ2n) is 4.57. The lowest BCUT2D eigenvalue weighted by molar-refractivity contribution is -0.121. The predicted octanol–water partition coefficient (Wildman–Crippen LogP) is 0.646. The molecule has 0 aromatic heterocycles. The molecular weight excluding hydrogens is 190 g/mol. The standard InChI is InChI=1S/C11H21N3O/c15-11-9-10(5-4-6-12-11)13-14-7-2-1-3-8-14/h10,13H,1-9H2,(H,12,15). The van der Waals surface area contributed by atoms with E-state index in [0.29, 0.717) is 12.5 Å². The summed E-state index contributed by atoms with van der Waals surface area (Å²) in [5.41, 5.74) is 3.50. The van der Waals surface area contributed by atoms with Gasteiger partial charge in [0.2, 0.25) is 5.91 Å². The molecule has 4 nitrogen and oxygen atoms in total. The molecular formula is C11H21N3O. The van der Waals surface area contributed by atoms with E-state index in [1.807, 2.05) is 0 Å². The van der Waals surface area contributed by atoms with Gasteiger partial charge >= 0.3 is 0 Å². The average molecular weight is 211 g/mol. The monoisotopic (exact) mass is 211 g/mol. The third-order valence-corrected chi connectivity index (χ3v) is 3.20. The minimum absolute atomic E-state index is 0.196. The third-order valence-electron chi connectivity index (χ3n) is 3.20. The Labute approximate surface area is 91.4 Å². The van der Waals surface area contributed by atoms with E-state index in [1.54, 1.807) is 0 Å². The summed E-state index contributed by atoms with van der Waals surface area (Å²) in [5, 5.41) is 5.21. The fourth-order valence-corrected chi connectivity index (χ4v) is 2.37. The van der Waals surface area contributed by atoms with Crippen LogP contribution < -0.4 is 10.7 Å². The lowest BCUT2D eigenvalue weighted by Crippen LogP contribution is -2.47. The molecule has 2 heterocycles. The highest BCUT2D eigenvalue weighted by atomic mass is 16.1. The smallest absolute Gasteiger partial charge is 0.221 e. The van der Waals surface area contributed by atoms with Crippen molar-refractivity contribution >= 4 is 5.91 Å². The van der Waals surface area contributed by atoms with Gasteiger partial charge in [0.15, 0.2) is 0 Å². The van der Waals surface area contributed by atoms with Crippen molar-refractivity contribution in [1.29, 1.82) is 0 Å². The van der Waals surface area contributed by atoms with Gasteiger partial charge in [-0.2, -0.15) is 0 Å². The minimum Gasteiger partial charge on any atom is -0.356 e. The molecule has 2 N–H and O–H groups in total. The normalized spacial score (nSPS) is 29.6. The number of rotatable bonds is 2. The molecule has 2 aliphatic rings. The molecule has 15 heavy (non-hydrogen) atoms. The minimum atomic E-state index is 0.196. The largest absolute Gasteiger partial charge is 0.356 e. The van der Waals surface area contributed by atoms with Gasteiger partial charge in [-0.15, -0.1) is 0 Å². The maximum absolute atomic E-state index is 11.4. The number of amides is 1. The molecule has 0 spiro atoms. The van der Waals surface area contributed by atoms with Crippen LogP contribution in [0, 0.1) is 0 Å². The second-order valence-corrected chi connectivity index (χ2v) is 4.57. The van der Waals surface area contributed by atoms with Crippen LogP contribution in [-0.4, -0.2) is 36.6 Å². The summed E-state index contributed by atoms with van der Waals surface area (Å²) >= 11 is 0. The van der Waals surface area contributed by atoms with Crippen LogP contribution in [0.4, 0.5) is 0 Å². The van der Waals surface area contributed by atoms with Gasteiger partial charge in [0, 0.05) is 32.1 Å². The molecule has 0 saturated carbocycles.